The van der Waals surface area contributed by atoms with Gasteiger partial charge in [0.1, 0.15) is 0 Å². The standard InChI is InChI=1S/C20H20N2O5S/c1-28(25,26)22-12-4-5-15-13-16(7-9-18(15)22)19(23)14-27-20(24)10-8-17-6-2-3-11-21-17/h2-3,6-11,13H,4-5,12,14H2,1H3. The predicted molar refractivity (Wildman–Crippen MR) is 106 cm³/mol. The molecule has 0 saturated heterocycles. The molecule has 0 aliphatic carbocycles. The maximum atomic E-state index is 12.3. The van der Waals surface area contributed by atoms with E-state index < -0.39 is 16.0 Å². The molecule has 0 atom stereocenters. The number of carbonyl (C=O) groups is 2. The highest BCUT2D eigenvalue weighted by molar-refractivity contribution is 7.92. The van der Waals surface area contributed by atoms with Crippen molar-refractivity contribution in [3.05, 3.63) is 65.5 Å². The Morgan fingerprint density at radius 1 is 1.25 bits per heavy atom. The summed E-state index contributed by atoms with van der Waals surface area (Å²) in [7, 11) is -3.36. The number of esters is 1. The lowest BCUT2D eigenvalue weighted by molar-refractivity contribution is -0.136. The summed E-state index contributed by atoms with van der Waals surface area (Å²) in [5, 5.41) is 0. The molecule has 0 saturated carbocycles. The van der Waals surface area contributed by atoms with Crippen molar-refractivity contribution >= 4 is 33.5 Å². The topological polar surface area (TPSA) is 93.6 Å². The fourth-order valence-electron chi connectivity index (χ4n) is 2.98. The smallest absolute Gasteiger partial charge is 0.331 e. The molecule has 7 nitrogen and oxygen atoms in total. The second-order valence-corrected chi connectivity index (χ2v) is 8.31. The Morgan fingerprint density at radius 3 is 2.79 bits per heavy atom. The number of aromatic nitrogens is 1. The quantitative estimate of drug-likeness (QED) is 0.419. The van der Waals surface area contributed by atoms with Crippen LogP contribution in [-0.2, 0) is 26.0 Å². The largest absolute Gasteiger partial charge is 0.454 e. The van der Waals surface area contributed by atoms with E-state index in [2.05, 4.69) is 4.98 Å². The second-order valence-electron chi connectivity index (χ2n) is 6.40. The molecule has 28 heavy (non-hydrogen) atoms. The number of ketones is 1. The Balaban J connectivity index is 1.64. The summed E-state index contributed by atoms with van der Waals surface area (Å²) < 4.78 is 30.1. The number of sulfonamides is 1. The van der Waals surface area contributed by atoms with Gasteiger partial charge in [0.05, 0.1) is 17.6 Å². The fourth-order valence-corrected chi connectivity index (χ4v) is 3.97. The van der Waals surface area contributed by atoms with Gasteiger partial charge in [-0.05, 0) is 54.8 Å². The molecule has 0 amide bonds. The van der Waals surface area contributed by atoms with Gasteiger partial charge in [0.15, 0.2) is 12.4 Å². The number of rotatable bonds is 6. The number of carbonyl (C=O) groups excluding carboxylic acids is 2. The number of aryl methyl sites for hydroxylation is 1. The number of nitrogens with zero attached hydrogens (tertiary/aromatic N) is 2. The van der Waals surface area contributed by atoms with Crippen molar-refractivity contribution in [2.75, 3.05) is 23.7 Å². The molecule has 0 N–H and O–H groups in total. The van der Waals surface area contributed by atoms with Gasteiger partial charge in [-0.2, -0.15) is 0 Å². The number of Topliss-reactive ketones (excluding diaryl/α,β-unsaturated/α-hetero) is 1. The van der Waals surface area contributed by atoms with Crippen molar-refractivity contribution in [3.8, 4) is 0 Å². The average Bonchev–Trinajstić information content (AvgIpc) is 2.69. The summed E-state index contributed by atoms with van der Waals surface area (Å²) in [5.74, 6) is -0.987. The fraction of sp³-hybridized carbons (Fsp3) is 0.250. The molecule has 8 heteroatoms. The maximum absolute atomic E-state index is 12.3. The molecule has 1 aliphatic rings. The molecule has 1 aromatic carbocycles. The van der Waals surface area contributed by atoms with Gasteiger partial charge in [0.25, 0.3) is 0 Å². The zero-order valence-corrected chi connectivity index (χ0v) is 16.2. The minimum absolute atomic E-state index is 0.348. The third kappa shape index (κ3) is 4.83. The number of pyridine rings is 1. The van der Waals surface area contributed by atoms with E-state index in [-0.39, 0.29) is 12.4 Å². The van der Waals surface area contributed by atoms with E-state index in [1.807, 2.05) is 0 Å². The molecule has 1 aromatic heterocycles. The third-order valence-corrected chi connectivity index (χ3v) is 5.48. The summed E-state index contributed by atoms with van der Waals surface area (Å²) >= 11 is 0. The second kappa shape index (κ2) is 8.35. The van der Waals surface area contributed by atoms with E-state index in [9.17, 15) is 18.0 Å². The van der Waals surface area contributed by atoms with Crippen LogP contribution in [-0.4, -0.2) is 44.6 Å². The van der Waals surface area contributed by atoms with E-state index >= 15 is 0 Å². The van der Waals surface area contributed by atoms with Crippen molar-refractivity contribution < 1.29 is 22.7 Å². The molecule has 0 radical (unpaired) electrons. The van der Waals surface area contributed by atoms with E-state index in [4.69, 9.17) is 4.74 Å². The van der Waals surface area contributed by atoms with Crippen molar-refractivity contribution in [2.24, 2.45) is 0 Å². The summed E-state index contributed by atoms with van der Waals surface area (Å²) in [5.41, 5.74) is 2.39. The first-order valence-electron chi connectivity index (χ1n) is 8.74. The van der Waals surface area contributed by atoms with Crippen LogP contribution >= 0.6 is 0 Å². The van der Waals surface area contributed by atoms with Crippen molar-refractivity contribution in [1.29, 1.82) is 0 Å². The Bertz CT molecular complexity index is 1020. The first-order valence-corrected chi connectivity index (χ1v) is 10.6. The van der Waals surface area contributed by atoms with E-state index in [0.717, 1.165) is 5.56 Å². The van der Waals surface area contributed by atoms with E-state index in [0.29, 0.717) is 36.3 Å². The van der Waals surface area contributed by atoms with Gasteiger partial charge in [-0.15, -0.1) is 0 Å². The minimum atomic E-state index is -3.36. The van der Waals surface area contributed by atoms with E-state index in [1.165, 1.54) is 22.7 Å². The molecular formula is C20H20N2O5S. The Hall–Kier alpha value is -3.00. The Labute approximate surface area is 163 Å². The lowest BCUT2D eigenvalue weighted by atomic mass is 9.99. The average molecular weight is 400 g/mol. The van der Waals surface area contributed by atoms with Gasteiger partial charge in [-0.1, -0.05) is 6.07 Å². The van der Waals surface area contributed by atoms with Crippen molar-refractivity contribution in [2.45, 2.75) is 12.8 Å². The van der Waals surface area contributed by atoms with Crippen LogP contribution in [0.25, 0.3) is 6.08 Å². The lowest BCUT2D eigenvalue weighted by Crippen LogP contribution is -2.34. The van der Waals surface area contributed by atoms with Crippen LogP contribution in [0, 0.1) is 0 Å². The van der Waals surface area contributed by atoms with Crippen LogP contribution < -0.4 is 4.31 Å². The first kappa shape index (κ1) is 19.8. The van der Waals surface area contributed by atoms with E-state index in [1.54, 1.807) is 42.6 Å². The normalized spacial score (nSPS) is 14.0. The molecule has 146 valence electrons. The summed E-state index contributed by atoms with van der Waals surface area (Å²) in [4.78, 5) is 28.2. The third-order valence-electron chi connectivity index (χ3n) is 4.30. The molecule has 0 fully saturated rings. The highest BCUT2D eigenvalue weighted by Gasteiger charge is 2.24. The molecule has 1 aliphatic heterocycles. The molecule has 2 heterocycles. The number of anilines is 1. The highest BCUT2D eigenvalue weighted by atomic mass is 32.2. The lowest BCUT2D eigenvalue weighted by Gasteiger charge is -2.29. The highest BCUT2D eigenvalue weighted by Crippen LogP contribution is 2.30. The van der Waals surface area contributed by atoms with Crippen LogP contribution in [0.4, 0.5) is 5.69 Å². The summed E-state index contributed by atoms with van der Waals surface area (Å²) in [6.45, 7) is 0.0410. The number of ether oxygens (including phenoxy) is 1. The Morgan fingerprint density at radius 2 is 2.07 bits per heavy atom. The number of fused-ring (bicyclic) bond motifs is 1. The number of hydrogen-bond acceptors (Lipinski definition) is 6. The van der Waals surface area contributed by atoms with Crippen LogP contribution in [0.2, 0.25) is 0 Å². The van der Waals surface area contributed by atoms with Crippen molar-refractivity contribution in [1.82, 2.24) is 4.98 Å². The zero-order chi connectivity index (χ0) is 20.1. The zero-order valence-electron chi connectivity index (χ0n) is 15.4. The molecule has 0 unspecified atom stereocenters. The number of benzene rings is 1. The van der Waals surface area contributed by atoms with Crippen LogP contribution in [0.15, 0.2) is 48.7 Å². The van der Waals surface area contributed by atoms with Gasteiger partial charge < -0.3 is 4.74 Å². The van der Waals surface area contributed by atoms with Crippen LogP contribution in [0.1, 0.15) is 28.0 Å². The monoisotopic (exact) mass is 400 g/mol. The van der Waals surface area contributed by atoms with Gasteiger partial charge in [-0.3, -0.25) is 14.1 Å². The molecule has 3 rings (SSSR count). The maximum Gasteiger partial charge on any atom is 0.331 e. The van der Waals surface area contributed by atoms with Crippen LogP contribution in [0.5, 0.6) is 0 Å². The van der Waals surface area contributed by atoms with Gasteiger partial charge in [-0.25, -0.2) is 13.2 Å². The summed E-state index contributed by atoms with van der Waals surface area (Å²) in [6, 6.07) is 10.2. The SMILES string of the molecule is CS(=O)(=O)N1CCCc2cc(C(=O)COC(=O)C=Cc3ccccn3)ccc21. The van der Waals surface area contributed by atoms with Crippen LogP contribution in [0.3, 0.4) is 0 Å². The Kier molecular flexibility index (Phi) is 5.89. The van der Waals surface area contributed by atoms with Gasteiger partial charge in [0, 0.05) is 24.4 Å². The van der Waals surface area contributed by atoms with Crippen molar-refractivity contribution in [3.63, 3.8) is 0 Å². The predicted octanol–water partition coefficient (Wildman–Crippen LogP) is 2.23. The number of hydrogen-bond donors (Lipinski definition) is 0. The minimum Gasteiger partial charge on any atom is -0.454 e. The first-order chi connectivity index (χ1) is 13.3. The molecule has 0 bridgehead atoms. The van der Waals surface area contributed by atoms with Gasteiger partial charge in [0.2, 0.25) is 10.0 Å². The molecular weight excluding hydrogens is 380 g/mol. The summed E-state index contributed by atoms with van der Waals surface area (Å²) in [6.07, 6.45) is 6.87. The van der Waals surface area contributed by atoms with Gasteiger partial charge >= 0.3 is 5.97 Å². The molecule has 0 spiro atoms. The molecule has 2 aromatic rings.